The Labute approximate surface area is 152 Å². The molecule has 0 radical (unpaired) electrons. The molecule has 140 valence electrons. The zero-order chi connectivity index (χ0) is 19.8. The van der Waals surface area contributed by atoms with Gasteiger partial charge >= 0.3 is 12.2 Å². The number of benzene rings is 2. The lowest BCUT2D eigenvalue weighted by Gasteiger charge is -2.29. The number of alkyl halides is 3. The normalized spacial score (nSPS) is 19.8. The summed E-state index contributed by atoms with van der Waals surface area (Å²) in [5, 5.41) is 3.25. The fourth-order valence-electron chi connectivity index (χ4n) is 2.64. The van der Waals surface area contributed by atoms with Crippen molar-refractivity contribution in [3.8, 4) is 0 Å². The van der Waals surface area contributed by atoms with E-state index in [1.165, 1.54) is 36.4 Å². The van der Waals surface area contributed by atoms with Crippen LogP contribution in [0.15, 0.2) is 54.6 Å². The van der Waals surface area contributed by atoms with Crippen molar-refractivity contribution in [2.24, 2.45) is 0 Å². The van der Waals surface area contributed by atoms with Crippen LogP contribution in [-0.4, -0.2) is 29.7 Å². The molecule has 1 atom stereocenters. The predicted molar refractivity (Wildman–Crippen MR) is 89.9 cm³/mol. The zero-order valence-corrected chi connectivity index (χ0v) is 14.0. The van der Waals surface area contributed by atoms with Crippen LogP contribution in [-0.2, 0) is 4.79 Å². The number of urea groups is 1. The number of nitrogens with one attached hydrogen (secondary N) is 2. The number of amides is 4. The highest BCUT2D eigenvalue weighted by Gasteiger charge is 2.69. The van der Waals surface area contributed by atoms with Crippen molar-refractivity contribution in [3.05, 3.63) is 65.7 Å². The van der Waals surface area contributed by atoms with Gasteiger partial charge in [0.25, 0.3) is 17.5 Å². The van der Waals surface area contributed by atoms with E-state index in [2.05, 4.69) is 0 Å². The Hall–Kier alpha value is -3.36. The lowest BCUT2D eigenvalue weighted by molar-refractivity contribution is -0.197. The van der Waals surface area contributed by atoms with Gasteiger partial charge in [0.05, 0.1) is 5.69 Å². The summed E-state index contributed by atoms with van der Waals surface area (Å²) in [6.45, 7) is 1.75. The van der Waals surface area contributed by atoms with E-state index in [1.54, 1.807) is 35.8 Å². The number of rotatable bonds is 3. The topological polar surface area (TPSA) is 78.5 Å². The van der Waals surface area contributed by atoms with Crippen LogP contribution in [0.25, 0.3) is 0 Å². The first-order valence-corrected chi connectivity index (χ1v) is 7.83. The lowest BCUT2D eigenvalue weighted by Crippen LogP contribution is -2.69. The summed E-state index contributed by atoms with van der Waals surface area (Å²) in [5.74, 6) is -2.78. The SMILES string of the molecule is Cc1ccc(N2C(=O)N[C@](NC(=O)c3ccccc3)(C(F)(F)F)C2=O)cc1. The van der Waals surface area contributed by atoms with Crippen molar-refractivity contribution in [1.29, 1.82) is 0 Å². The van der Waals surface area contributed by atoms with E-state index in [4.69, 9.17) is 0 Å². The smallest absolute Gasteiger partial charge is 0.314 e. The summed E-state index contributed by atoms with van der Waals surface area (Å²) in [7, 11) is 0. The third-order valence-corrected chi connectivity index (χ3v) is 4.08. The maximum atomic E-state index is 13.8. The van der Waals surface area contributed by atoms with E-state index in [1.807, 2.05) is 0 Å². The lowest BCUT2D eigenvalue weighted by atomic mass is 10.1. The molecule has 1 fully saturated rings. The number of aryl methyl sites for hydroxylation is 1. The second-order valence-corrected chi connectivity index (χ2v) is 5.97. The van der Waals surface area contributed by atoms with Crippen molar-refractivity contribution >= 4 is 23.5 Å². The first-order valence-electron chi connectivity index (χ1n) is 7.83. The molecular weight excluding hydrogens is 363 g/mol. The van der Waals surface area contributed by atoms with E-state index in [0.717, 1.165) is 5.56 Å². The molecule has 0 bridgehead atoms. The molecule has 0 aliphatic carbocycles. The van der Waals surface area contributed by atoms with Gasteiger partial charge in [0.1, 0.15) is 0 Å². The van der Waals surface area contributed by atoms with Crippen molar-refractivity contribution in [2.75, 3.05) is 4.90 Å². The Balaban J connectivity index is 2.00. The minimum atomic E-state index is -5.26. The molecule has 3 rings (SSSR count). The Morgan fingerprint density at radius 3 is 2.19 bits per heavy atom. The molecule has 2 N–H and O–H groups in total. The second-order valence-electron chi connectivity index (χ2n) is 5.97. The van der Waals surface area contributed by atoms with Crippen LogP contribution in [0, 0.1) is 6.92 Å². The molecule has 0 aromatic heterocycles. The van der Waals surface area contributed by atoms with Gasteiger partial charge < -0.3 is 5.32 Å². The van der Waals surface area contributed by atoms with Crippen LogP contribution in [0.1, 0.15) is 15.9 Å². The first kappa shape index (κ1) is 18.4. The monoisotopic (exact) mass is 377 g/mol. The van der Waals surface area contributed by atoms with Gasteiger partial charge in [-0.2, -0.15) is 13.2 Å². The highest BCUT2D eigenvalue weighted by molar-refractivity contribution is 6.24. The van der Waals surface area contributed by atoms with Gasteiger partial charge in [-0.05, 0) is 31.2 Å². The van der Waals surface area contributed by atoms with Gasteiger partial charge in [0.2, 0.25) is 0 Å². The molecule has 1 heterocycles. The fraction of sp³-hybridized carbons (Fsp3) is 0.167. The van der Waals surface area contributed by atoms with Gasteiger partial charge in [0, 0.05) is 5.56 Å². The van der Waals surface area contributed by atoms with Gasteiger partial charge in [-0.1, -0.05) is 35.9 Å². The van der Waals surface area contributed by atoms with Crippen LogP contribution in [0.4, 0.5) is 23.7 Å². The third kappa shape index (κ3) is 3.12. The van der Waals surface area contributed by atoms with E-state index >= 15 is 0 Å². The van der Waals surface area contributed by atoms with Crippen molar-refractivity contribution in [3.63, 3.8) is 0 Å². The summed E-state index contributed by atoms with van der Waals surface area (Å²) in [6, 6.07) is 11.6. The minimum absolute atomic E-state index is 0.0387. The number of carbonyl (C=O) groups excluding carboxylic acids is 3. The number of nitrogens with zero attached hydrogens (tertiary/aromatic N) is 1. The Kier molecular flexibility index (Phi) is 4.38. The molecule has 1 aliphatic heterocycles. The number of hydrogen-bond acceptors (Lipinski definition) is 3. The van der Waals surface area contributed by atoms with E-state index in [0.29, 0.717) is 4.90 Å². The highest BCUT2D eigenvalue weighted by Crippen LogP contribution is 2.36. The van der Waals surface area contributed by atoms with E-state index < -0.39 is 29.7 Å². The standard InChI is InChI=1S/C18H14F3N3O3/c1-11-7-9-13(10-8-11)24-15(26)17(18(19,20)21,23-16(24)27)22-14(25)12-5-3-2-4-6-12/h2-10H,1H3,(H,22,25)(H,23,27)/t17-/m0/s1. The Morgan fingerprint density at radius 2 is 1.63 bits per heavy atom. The molecule has 1 aliphatic rings. The fourth-order valence-corrected chi connectivity index (χ4v) is 2.64. The van der Waals surface area contributed by atoms with Gasteiger partial charge in [-0.25, -0.2) is 9.69 Å². The molecule has 2 aromatic rings. The Morgan fingerprint density at radius 1 is 1.04 bits per heavy atom. The summed E-state index contributed by atoms with van der Waals surface area (Å²) >= 11 is 0. The molecule has 4 amide bonds. The zero-order valence-electron chi connectivity index (χ0n) is 14.0. The number of anilines is 1. The molecule has 27 heavy (non-hydrogen) atoms. The summed E-state index contributed by atoms with van der Waals surface area (Å²) in [4.78, 5) is 37.5. The number of carbonyl (C=O) groups is 3. The minimum Gasteiger partial charge on any atom is -0.314 e. The van der Waals surface area contributed by atoms with Gasteiger partial charge in [-0.15, -0.1) is 0 Å². The molecule has 0 unspecified atom stereocenters. The van der Waals surface area contributed by atoms with Crippen molar-refractivity contribution in [1.82, 2.24) is 10.6 Å². The highest BCUT2D eigenvalue weighted by atomic mass is 19.4. The van der Waals surface area contributed by atoms with Crippen LogP contribution in [0.2, 0.25) is 0 Å². The molecule has 0 spiro atoms. The quantitative estimate of drug-likeness (QED) is 0.808. The summed E-state index contributed by atoms with van der Waals surface area (Å²) < 4.78 is 41.4. The number of imide groups is 1. The molecule has 0 saturated carbocycles. The van der Waals surface area contributed by atoms with Crippen molar-refractivity contribution < 1.29 is 27.6 Å². The van der Waals surface area contributed by atoms with Crippen LogP contribution in [0.5, 0.6) is 0 Å². The summed E-state index contributed by atoms with van der Waals surface area (Å²) in [5.41, 5.74) is -2.88. The molecular formula is C18H14F3N3O3. The Bertz CT molecular complexity index is 898. The van der Waals surface area contributed by atoms with Crippen LogP contribution in [0.3, 0.4) is 0 Å². The molecule has 6 nitrogen and oxygen atoms in total. The van der Waals surface area contributed by atoms with Crippen LogP contribution >= 0.6 is 0 Å². The number of halogens is 3. The van der Waals surface area contributed by atoms with Gasteiger partial charge in [0.15, 0.2) is 0 Å². The average Bonchev–Trinajstić information content (AvgIpc) is 2.87. The third-order valence-electron chi connectivity index (χ3n) is 4.08. The average molecular weight is 377 g/mol. The second kappa shape index (κ2) is 6.42. The van der Waals surface area contributed by atoms with Gasteiger partial charge in [-0.3, -0.25) is 14.9 Å². The van der Waals surface area contributed by atoms with E-state index in [-0.39, 0.29) is 11.3 Å². The maximum absolute atomic E-state index is 13.8. The molecule has 2 aromatic carbocycles. The maximum Gasteiger partial charge on any atom is 0.440 e. The molecule has 9 heteroatoms. The first-order chi connectivity index (χ1) is 12.7. The largest absolute Gasteiger partial charge is 0.440 e. The predicted octanol–water partition coefficient (Wildman–Crippen LogP) is 2.74. The number of hydrogen-bond donors (Lipinski definition) is 2. The molecule has 1 saturated heterocycles. The van der Waals surface area contributed by atoms with Crippen molar-refractivity contribution in [2.45, 2.75) is 18.8 Å². The van der Waals surface area contributed by atoms with Crippen LogP contribution < -0.4 is 15.5 Å². The summed E-state index contributed by atoms with van der Waals surface area (Å²) in [6.07, 6.45) is -5.26. The van der Waals surface area contributed by atoms with E-state index in [9.17, 15) is 27.6 Å².